The minimum Gasteiger partial charge on any atom is -0.481 e. The molecule has 0 radical (unpaired) electrons. The number of rotatable bonds is 20. The van der Waals surface area contributed by atoms with Crippen LogP contribution in [0.3, 0.4) is 0 Å². The van der Waals surface area contributed by atoms with Crippen LogP contribution < -0.4 is 80.6 Å². The van der Waals surface area contributed by atoms with Crippen LogP contribution >= 0.6 is 23.5 Å². The molecule has 0 spiro atoms. The third-order valence-corrected chi connectivity index (χ3v) is 27.6. The van der Waals surface area contributed by atoms with E-state index in [9.17, 15) is 53.0 Å². The van der Waals surface area contributed by atoms with Gasteiger partial charge in [-0.3, -0.25) is 62.3 Å². The maximum atomic E-state index is 15.5. The number of primary amides is 1. The van der Waals surface area contributed by atoms with E-state index in [4.69, 9.17) is 11.5 Å². The zero-order valence-corrected chi connectivity index (χ0v) is 68.9. The first kappa shape index (κ1) is 91.9. The maximum absolute atomic E-state index is 15.5. The quantitative estimate of drug-likeness (QED) is 0.0769. The highest BCUT2D eigenvalue weighted by atomic mass is 32.2. The highest BCUT2D eigenvalue weighted by Crippen LogP contribution is 2.41. The second kappa shape index (κ2) is 44.7. The van der Waals surface area contributed by atoms with Crippen molar-refractivity contribution in [2.75, 3.05) is 64.5 Å². The summed E-state index contributed by atoms with van der Waals surface area (Å²) < 4.78 is 45.2. The number of aliphatic hydroxyl groups is 1. The van der Waals surface area contributed by atoms with Gasteiger partial charge < -0.3 is 101 Å². The number of carbonyl (C=O) groups excluding carboxylic acids is 12. The van der Waals surface area contributed by atoms with E-state index in [2.05, 4.69) is 69.1 Å². The largest absolute Gasteiger partial charge is 0.481 e. The fourth-order valence-corrected chi connectivity index (χ4v) is 20.7. The van der Waals surface area contributed by atoms with E-state index < -0.39 is 193 Å². The van der Waals surface area contributed by atoms with E-state index in [1.807, 2.05) is 24.3 Å². The summed E-state index contributed by atoms with van der Waals surface area (Å²) in [6.07, 6.45) is 1.27. The average molecular weight is 1690 g/mol. The lowest BCUT2D eigenvalue weighted by Crippen LogP contribution is -2.61. The summed E-state index contributed by atoms with van der Waals surface area (Å²) in [6, 6.07) is -7.36. The van der Waals surface area contributed by atoms with Crippen molar-refractivity contribution in [3.8, 4) is 0 Å². The predicted molar refractivity (Wildman–Crippen MR) is 431 cm³/mol. The monoisotopic (exact) mass is 1680 g/mol. The van der Waals surface area contributed by atoms with Gasteiger partial charge >= 0.3 is 5.97 Å². The van der Waals surface area contributed by atoms with E-state index in [0.717, 1.165) is 11.1 Å². The number of alkyl halides is 3. The van der Waals surface area contributed by atoms with Crippen LogP contribution in [0.4, 0.5) is 13.2 Å². The maximum Gasteiger partial charge on any atom is 0.305 e. The Labute approximate surface area is 690 Å². The van der Waals surface area contributed by atoms with Gasteiger partial charge in [-0.25, -0.2) is 13.2 Å². The molecule has 5 heterocycles. The number of nitrogens with zero attached hydrogens (tertiary/aromatic N) is 2. The molecule has 12 amide bonds. The van der Waals surface area contributed by atoms with Crippen LogP contribution in [0.1, 0.15) is 179 Å². The molecule has 1 aromatic rings. The van der Waals surface area contributed by atoms with E-state index in [-0.39, 0.29) is 150 Å². The first-order chi connectivity index (χ1) is 56.1. The van der Waals surface area contributed by atoms with E-state index >= 15 is 32.8 Å². The van der Waals surface area contributed by atoms with Gasteiger partial charge in [0, 0.05) is 74.9 Å². The third-order valence-electron chi connectivity index (χ3n) is 25.4. The number of fused-ring (bicyclic) bond motifs is 5. The third kappa shape index (κ3) is 27.0. The molecule has 9 unspecified atom stereocenters. The molecule has 117 heavy (non-hydrogen) atoms. The summed E-state index contributed by atoms with van der Waals surface area (Å²) in [5.41, 5.74) is 13.5. The van der Waals surface area contributed by atoms with Crippen molar-refractivity contribution in [1.82, 2.24) is 78.9 Å². The van der Waals surface area contributed by atoms with Crippen LogP contribution in [0.2, 0.25) is 0 Å². The van der Waals surface area contributed by atoms with Crippen molar-refractivity contribution in [2.45, 2.75) is 282 Å². The molecule has 0 aromatic heterocycles. The zero-order chi connectivity index (χ0) is 84.0. The molecule has 2 bridgehead atoms. The van der Waals surface area contributed by atoms with Gasteiger partial charge in [0.1, 0.15) is 78.9 Å². The van der Waals surface area contributed by atoms with Gasteiger partial charge in [-0.1, -0.05) is 24.3 Å². The summed E-state index contributed by atoms with van der Waals surface area (Å²) in [5.74, 6) is -12.6. The number of nitrogens with two attached hydrogens (primary N) is 2. The fraction of sp³-hybridized carbons (Fsp3) is 0.762. The number of aliphatic hydroxyl groups excluding tert-OH is 1. The minimum atomic E-state index is -1.95. The predicted octanol–water partition coefficient (Wildman–Crippen LogP) is 0.0893. The van der Waals surface area contributed by atoms with Crippen molar-refractivity contribution in [3.63, 3.8) is 0 Å². The highest BCUT2D eigenvalue weighted by Gasteiger charge is 2.48. The van der Waals surface area contributed by atoms with Crippen molar-refractivity contribution in [1.29, 1.82) is 0 Å². The molecule has 4 saturated carbocycles. The Bertz CT molecular complexity index is 3600. The van der Waals surface area contributed by atoms with Crippen molar-refractivity contribution < 1.29 is 85.7 Å². The Morgan fingerprint density at radius 1 is 0.615 bits per heavy atom. The topological polar surface area (TPSA) is 477 Å². The van der Waals surface area contributed by atoms with Crippen LogP contribution in [0.15, 0.2) is 24.3 Å². The number of hydrogen-bond acceptors (Lipinski definition) is 21. The number of carbonyl (C=O) groups is 13. The van der Waals surface area contributed by atoms with Gasteiger partial charge in [-0.15, -0.1) is 0 Å². The number of nitrogens with one attached hydrogen (secondary N) is 13. The Morgan fingerprint density at radius 3 is 1.77 bits per heavy atom. The number of amides is 12. The molecule has 9 aliphatic rings. The summed E-state index contributed by atoms with van der Waals surface area (Å²) in [6.45, 7) is 2.03. The van der Waals surface area contributed by atoms with Gasteiger partial charge in [0.05, 0.1) is 19.1 Å². The van der Waals surface area contributed by atoms with Crippen LogP contribution in [0.25, 0.3) is 0 Å². The van der Waals surface area contributed by atoms with Crippen molar-refractivity contribution >= 4 is 100 Å². The second-order valence-electron chi connectivity index (χ2n) is 33.9. The van der Waals surface area contributed by atoms with Gasteiger partial charge in [0.25, 0.3) is 0 Å². The SMILES string of the molecule is CC(=O)N(C)[C@@H](CC1CCC(F)CC1)C(=O)N[C@H]1CSCc2cccc(c2)CSC[C@@H](C(N)=O)NC(=O)[C@@H]2CCCN2C(=O)[C@H](CC2CCC(O)CC2)NC(=O)[C@H](CC2CNCN2)NC(=O)[C@H](CC(=O)O)NC(=O)[C@H](CC2CNC3CCC(F)CC23)NC(=O)[C@H](CC2CNC3CCC(F)CC23)NC(=O)CNC(=O)[C@H](CCCCN)NC1=O. The normalized spacial score (nSPS) is 34.4. The Hall–Kier alpha value is -7.42. The average Bonchev–Trinajstić information content (AvgIpc) is 1.70. The standard InChI is InChI=1S/C80H124F3N17O15S2/c1-43(101)99(2)68(27-45-11-15-50(81)16-12-45)79(114)98-66-41-117-39-47-8-5-7-46(25-47)38-116-40-65(71(85)106)97-78(113)67-10-6-24-100(67)80(115)64(26-44-13-19-54(102)20-14-44)96-75(110)62(32-53-36-86-42-90-53)94-76(111)63(33-70(104)105)95-74(109)61(29-49-35-88-58-22-18-52(83)31-56(49)58)93-73(108)60(28-48-34-87-57-21-17-51(82)30-55(48)57)91-69(103)37-89-72(107)59(92-77(66)112)9-3-4-23-84/h5,7-8,25,44-45,48-68,86-88,90,102H,3-4,6,9-24,26-42,84H2,1-2H3,(H2,85,106)(H,89,107)(H,91,103)(H,92,112)(H,93,108)(H,94,111)(H,95,109)(H,96,110)(H,97,113)(H,98,114)(H,104,105)/t44?,45?,48?,49?,50?,51?,52?,53?,54?,55?,56?,57?,58?,59-,60-,61-,62-,63-,64-,65-,66-,67-,68-/m0/s1. The Morgan fingerprint density at radius 2 is 1.18 bits per heavy atom. The van der Waals surface area contributed by atoms with Crippen molar-refractivity contribution in [3.05, 3.63) is 35.4 Å². The number of aliphatic carboxylic acids is 1. The van der Waals surface area contributed by atoms with E-state index in [0.29, 0.717) is 103 Å². The number of carboxylic acid groups (broad SMARTS) is 1. The van der Waals surface area contributed by atoms with Gasteiger partial charge in [0.2, 0.25) is 70.9 Å². The summed E-state index contributed by atoms with van der Waals surface area (Å²) >= 11 is 2.57. The number of carboxylic acids is 1. The van der Waals surface area contributed by atoms with Crippen LogP contribution in [-0.4, -0.2) is 265 Å². The molecular weight excluding hydrogens is 1560 g/mol. The molecule has 10 rings (SSSR count). The van der Waals surface area contributed by atoms with Crippen LogP contribution in [0.5, 0.6) is 0 Å². The highest BCUT2D eigenvalue weighted by molar-refractivity contribution is 7.98. The number of unbranched alkanes of at least 4 members (excludes halogenated alkanes) is 1. The lowest BCUT2D eigenvalue weighted by Gasteiger charge is -2.34. The Kier molecular flexibility index (Phi) is 35.1. The zero-order valence-electron chi connectivity index (χ0n) is 67.2. The van der Waals surface area contributed by atoms with E-state index in [1.54, 1.807) is 0 Å². The van der Waals surface area contributed by atoms with Gasteiger partial charge in [-0.2, -0.15) is 23.5 Å². The lowest BCUT2D eigenvalue weighted by atomic mass is 9.76. The number of thioether (sulfide) groups is 2. The minimum absolute atomic E-state index is 0.00505. The molecule has 1 aromatic carbocycles. The first-order valence-electron chi connectivity index (χ1n) is 42.3. The molecule has 8 fully saturated rings. The number of benzene rings is 1. The first-order valence-corrected chi connectivity index (χ1v) is 44.6. The molecule has 652 valence electrons. The summed E-state index contributed by atoms with van der Waals surface area (Å²) in [5, 5.41) is 59.1. The molecular formula is C80H124F3N17O15S2. The van der Waals surface area contributed by atoms with Crippen LogP contribution in [-0.2, 0) is 73.8 Å². The smallest absolute Gasteiger partial charge is 0.305 e. The van der Waals surface area contributed by atoms with Crippen LogP contribution in [0, 0.1) is 35.5 Å². The summed E-state index contributed by atoms with van der Waals surface area (Å²) in [4.78, 5) is 192. The molecule has 5 aliphatic heterocycles. The lowest BCUT2D eigenvalue weighted by molar-refractivity contribution is -0.143. The number of likely N-dealkylation sites (N-methyl/N-ethyl adjacent to an activating group) is 1. The van der Waals surface area contributed by atoms with Gasteiger partial charge in [-0.05, 0) is 220 Å². The molecule has 32 nitrogen and oxygen atoms in total. The molecule has 37 heteroatoms. The molecule has 19 N–H and O–H groups in total. The van der Waals surface area contributed by atoms with Crippen molar-refractivity contribution in [2.24, 2.45) is 47.0 Å². The Balaban J connectivity index is 0.981. The van der Waals surface area contributed by atoms with E-state index in [1.165, 1.54) is 47.3 Å². The molecule has 19 atom stereocenters. The second-order valence-corrected chi connectivity index (χ2v) is 36.0. The summed E-state index contributed by atoms with van der Waals surface area (Å²) in [7, 11) is 1.47. The molecule has 4 aliphatic carbocycles. The fourth-order valence-electron chi connectivity index (χ4n) is 18.7. The number of hydrogen-bond donors (Lipinski definition) is 17. The molecule has 4 saturated heterocycles. The number of halogens is 3. The van der Waals surface area contributed by atoms with Gasteiger partial charge in [0.15, 0.2) is 0 Å².